The predicted molar refractivity (Wildman–Crippen MR) is 160 cm³/mol. The van der Waals surface area contributed by atoms with Gasteiger partial charge in [0, 0.05) is 0 Å². The molecule has 8 rings (SSSR count). The topological polar surface area (TPSA) is 18.5 Å². The van der Waals surface area contributed by atoms with Crippen LogP contribution in [0.5, 0.6) is 0 Å². The lowest BCUT2D eigenvalue weighted by Crippen LogP contribution is -2.41. The molecule has 6 aromatic rings. The molecule has 0 atom stereocenters. The zero-order valence-electron chi connectivity index (χ0n) is 22.3. The molecular weight excluding hydrogens is 463 g/mol. The Balaban J connectivity index is 1.39. The van der Waals surface area contributed by atoms with Gasteiger partial charge in [-0.2, -0.15) is 0 Å². The number of rotatable bonds is 1. The van der Waals surface area contributed by atoms with Crippen molar-refractivity contribution in [3.63, 3.8) is 0 Å². The molecule has 38 heavy (non-hydrogen) atoms. The first-order chi connectivity index (χ1) is 18.3. The molecule has 0 spiro atoms. The van der Waals surface area contributed by atoms with Gasteiger partial charge in [0.25, 0.3) is 0 Å². The monoisotopic (exact) mass is 492 g/mol. The summed E-state index contributed by atoms with van der Waals surface area (Å²) in [5.41, 5.74) is 5.96. The Labute approximate surface area is 223 Å². The Morgan fingerprint density at radius 3 is 1.89 bits per heavy atom. The van der Waals surface area contributed by atoms with Gasteiger partial charge in [0.05, 0.1) is 11.2 Å². The molecule has 2 nitrogen and oxygen atoms in total. The average molecular weight is 492 g/mol. The Bertz CT molecular complexity index is 1950. The molecule has 184 valence electrons. The highest BCUT2D eigenvalue weighted by molar-refractivity contribution is 6.62. The zero-order chi connectivity index (χ0) is 25.8. The van der Waals surface area contributed by atoms with Gasteiger partial charge in [-0.25, -0.2) is 0 Å². The van der Waals surface area contributed by atoms with Crippen molar-refractivity contribution < 1.29 is 9.31 Å². The highest BCUT2D eigenvalue weighted by atomic mass is 16.7. The molecule has 0 aromatic heterocycles. The second-order valence-electron chi connectivity index (χ2n) is 12.0. The van der Waals surface area contributed by atoms with Gasteiger partial charge in [-0.05, 0) is 117 Å². The summed E-state index contributed by atoms with van der Waals surface area (Å²) in [5.74, 6) is 0. The van der Waals surface area contributed by atoms with E-state index in [4.69, 9.17) is 9.31 Å². The second kappa shape index (κ2) is 7.47. The molecule has 2 aliphatic rings. The fourth-order valence-electron chi connectivity index (χ4n) is 6.55. The van der Waals surface area contributed by atoms with E-state index in [9.17, 15) is 0 Å². The van der Waals surface area contributed by atoms with Gasteiger partial charge < -0.3 is 9.31 Å². The van der Waals surface area contributed by atoms with Crippen LogP contribution in [0.2, 0.25) is 0 Å². The van der Waals surface area contributed by atoms with Crippen molar-refractivity contribution in [2.24, 2.45) is 0 Å². The minimum Gasteiger partial charge on any atom is -0.399 e. The normalized spacial score (nSPS) is 17.5. The van der Waals surface area contributed by atoms with Crippen LogP contribution >= 0.6 is 0 Å². The van der Waals surface area contributed by atoms with Gasteiger partial charge in [0.15, 0.2) is 0 Å². The molecule has 1 heterocycles. The smallest absolute Gasteiger partial charge is 0.399 e. The molecule has 0 bridgehead atoms. The van der Waals surface area contributed by atoms with E-state index in [-0.39, 0.29) is 18.3 Å². The van der Waals surface area contributed by atoms with Gasteiger partial charge in [-0.15, -0.1) is 0 Å². The van der Waals surface area contributed by atoms with E-state index in [0.717, 1.165) is 11.9 Å². The average Bonchev–Trinajstić information content (AvgIpc) is 3.39. The van der Waals surface area contributed by atoms with Crippen LogP contribution in [0.3, 0.4) is 0 Å². The van der Waals surface area contributed by atoms with Gasteiger partial charge in [-0.3, -0.25) is 0 Å². The highest BCUT2D eigenvalue weighted by Gasteiger charge is 2.51. The number of hydrogen-bond acceptors (Lipinski definition) is 2. The molecule has 6 aromatic carbocycles. The summed E-state index contributed by atoms with van der Waals surface area (Å²) < 4.78 is 12.8. The van der Waals surface area contributed by atoms with E-state index >= 15 is 0 Å². The Hall–Kier alpha value is -3.66. The van der Waals surface area contributed by atoms with Gasteiger partial charge in [-0.1, -0.05) is 78.9 Å². The van der Waals surface area contributed by atoms with Crippen molar-refractivity contribution in [3.05, 3.63) is 102 Å². The third-order valence-corrected chi connectivity index (χ3v) is 9.28. The lowest BCUT2D eigenvalue weighted by atomic mass is 9.77. The number of hydrogen-bond donors (Lipinski definition) is 0. The summed E-state index contributed by atoms with van der Waals surface area (Å²) >= 11 is 0. The van der Waals surface area contributed by atoms with Crippen LogP contribution in [-0.2, 0) is 15.7 Å². The van der Waals surface area contributed by atoms with E-state index in [0.29, 0.717) is 0 Å². The summed E-state index contributed by atoms with van der Waals surface area (Å²) in [6.07, 6.45) is 0.978. The van der Waals surface area contributed by atoms with Crippen molar-refractivity contribution in [3.8, 4) is 11.1 Å². The first-order valence-electron chi connectivity index (χ1n) is 13.6. The van der Waals surface area contributed by atoms with Gasteiger partial charge in [0.1, 0.15) is 0 Å². The van der Waals surface area contributed by atoms with Crippen molar-refractivity contribution >= 4 is 55.7 Å². The van der Waals surface area contributed by atoms with Crippen LogP contribution < -0.4 is 5.46 Å². The lowest BCUT2D eigenvalue weighted by Gasteiger charge is -2.32. The highest BCUT2D eigenvalue weighted by Crippen LogP contribution is 2.46. The van der Waals surface area contributed by atoms with Crippen LogP contribution in [0.25, 0.3) is 54.2 Å². The quantitative estimate of drug-likeness (QED) is 0.170. The molecule has 1 aliphatic heterocycles. The molecule has 1 fully saturated rings. The lowest BCUT2D eigenvalue weighted by molar-refractivity contribution is 0.00578. The molecule has 0 radical (unpaired) electrons. The first-order valence-corrected chi connectivity index (χ1v) is 13.6. The van der Waals surface area contributed by atoms with E-state index in [1.807, 2.05) is 0 Å². The van der Waals surface area contributed by atoms with Crippen LogP contribution in [-0.4, -0.2) is 18.3 Å². The molecule has 3 heteroatoms. The van der Waals surface area contributed by atoms with Gasteiger partial charge in [0.2, 0.25) is 0 Å². The standard InChI is InChI=1S/C35H29BO2/c1-34(2)35(3,4)38-36(37-34)24-15-16-28-30-18-23-17-22-14-13-21-9-5-6-10-25(21)33(22)29(23)20-32(30)27-12-8-7-11-26(27)31(28)19-24/h5-16,18-20H,17H2,1-4H3. The summed E-state index contributed by atoms with van der Waals surface area (Å²) in [7, 11) is -0.373. The fraction of sp³-hybridized carbons (Fsp3) is 0.200. The van der Waals surface area contributed by atoms with Crippen molar-refractivity contribution in [1.29, 1.82) is 0 Å². The van der Waals surface area contributed by atoms with E-state index in [2.05, 4.69) is 119 Å². The maximum atomic E-state index is 6.41. The Kier molecular flexibility index (Phi) is 4.39. The maximum Gasteiger partial charge on any atom is 0.494 e. The van der Waals surface area contributed by atoms with Crippen molar-refractivity contribution in [2.75, 3.05) is 0 Å². The summed E-state index contributed by atoms with van der Waals surface area (Å²) in [6.45, 7) is 8.44. The van der Waals surface area contributed by atoms with Crippen molar-refractivity contribution in [1.82, 2.24) is 0 Å². The third-order valence-electron chi connectivity index (χ3n) is 9.28. The number of fused-ring (bicyclic) bond motifs is 11. The summed E-state index contributed by atoms with van der Waals surface area (Å²) in [6, 6.07) is 33.8. The molecule has 1 saturated heterocycles. The largest absolute Gasteiger partial charge is 0.494 e. The number of benzene rings is 6. The maximum absolute atomic E-state index is 6.41. The van der Waals surface area contributed by atoms with E-state index in [1.165, 1.54) is 65.3 Å². The molecule has 0 unspecified atom stereocenters. The first kappa shape index (κ1) is 22.3. The van der Waals surface area contributed by atoms with Crippen LogP contribution in [0, 0.1) is 0 Å². The third kappa shape index (κ3) is 2.98. The van der Waals surface area contributed by atoms with Gasteiger partial charge >= 0.3 is 7.12 Å². The van der Waals surface area contributed by atoms with Crippen molar-refractivity contribution in [2.45, 2.75) is 45.3 Å². The Morgan fingerprint density at radius 2 is 1.16 bits per heavy atom. The Morgan fingerprint density at radius 1 is 0.553 bits per heavy atom. The SMILES string of the molecule is CC1(C)OB(c2ccc3c(c2)c2ccccc2c2cc4c(cc32)Cc2ccc3ccccc3c2-4)OC1(C)C. The van der Waals surface area contributed by atoms with E-state index in [1.54, 1.807) is 0 Å². The van der Waals surface area contributed by atoms with E-state index < -0.39 is 0 Å². The van der Waals surface area contributed by atoms with Crippen LogP contribution in [0.4, 0.5) is 0 Å². The van der Waals surface area contributed by atoms with Crippen LogP contribution in [0.15, 0.2) is 91.0 Å². The fourth-order valence-corrected chi connectivity index (χ4v) is 6.55. The van der Waals surface area contributed by atoms with Crippen LogP contribution in [0.1, 0.15) is 38.8 Å². The zero-order valence-corrected chi connectivity index (χ0v) is 22.3. The second-order valence-corrected chi connectivity index (χ2v) is 12.0. The minimum absolute atomic E-state index is 0.363. The minimum atomic E-state index is -0.373. The summed E-state index contributed by atoms with van der Waals surface area (Å²) in [4.78, 5) is 0. The molecule has 0 amide bonds. The molecule has 0 saturated carbocycles. The molecule has 0 N–H and O–H groups in total. The summed E-state index contributed by atoms with van der Waals surface area (Å²) in [5, 5.41) is 10.4. The predicted octanol–water partition coefficient (Wildman–Crippen LogP) is 8.17. The molecule has 1 aliphatic carbocycles. The molecular formula is C35H29BO2.